The van der Waals surface area contributed by atoms with E-state index in [1.54, 1.807) is 36.4 Å². The Hall–Kier alpha value is -3.42. The molecular formula is C17H16N4O4. The van der Waals surface area contributed by atoms with Gasteiger partial charge in [-0.15, -0.1) is 0 Å². The molecule has 0 aliphatic heterocycles. The molecule has 2 N–H and O–H groups in total. The third kappa shape index (κ3) is 4.11. The molecule has 0 saturated carbocycles. The van der Waals surface area contributed by atoms with Crippen LogP contribution < -0.4 is 16.1 Å². The largest absolute Gasteiger partial charge is 0.467 e. The van der Waals surface area contributed by atoms with Gasteiger partial charge in [0.2, 0.25) is 17.2 Å². The molecule has 0 atom stereocenters. The zero-order valence-electron chi connectivity index (χ0n) is 13.3. The van der Waals surface area contributed by atoms with Crippen molar-refractivity contribution < 1.29 is 14.0 Å². The maximum absolute atomic E-state index is 12.0. The normalized spacial score (nSPS) is 10.6. The molecule has 0 aliphatic rings. The van der Waals surface area contributed by atoms with Crippen LogP contribution in [0.25, 0.3) is 10.9 Å². The molecule has 2 amide bonds. The molecule has 2 aromatic heterocycles. The summed E-state index contributed by atoms with van der Waals surface area (Å²) in [6, 6.07) is 10.4. The van der Waals surface area contributed by atoms with Gasteiger partial charge >= 0.3 is 0 Å². The number of aromatic nitrogens is 2. The first-order chi connectivity index (χ1) is 12.1. The summed E-state index contributed by atoms with van der Waals surface area (Å²) in [5.74, 6) is -0.0828. The first kappa shape index (κ1) is 16.4. The van der Waals surface area contributed by atoms with Gasteiger partial charge in [-0.05, 0) is 24.3 Å². The highest BCUT2D eigenvalue weighted by Gasteiger charge is 2.09. The number of nitrogens with zero attached hydrogens (tertiary/aromatic N) is 2. The predicted octanol–water partition coefficient (Wildman–Crippen LogP) is 0.422. The lowest BCUT2D eigenvalue weighted by atomic mass is 10.2. The molecule has 8 heteroatoms. The third-order valence-corrected chi connectivity index (χ3v) is 3.54. The maximum Gasteiger partial charge on any atom is 0.242 e. The molecule has 0 fully saturated rings. The minimum Gasteiger partial charge on any atom is -0.467 e. The number of carbonyl (C=O) groups is 2. The summed E-state index contributed by atoms with van der Waals surface area (Å²) in [7, 11) is 0. The van der Waals surface area contributed by atoms with E-state index in [1.807, 2.05) is 0 Å². The Morgan fingerprint density at radius 1 is 1.08 bits per heavy atom. The van der Waals surface area contributed by atoms with Crippen LogP contribution in [-0.4, -0.2) is 28.1 Å². The lowest BCUT2D eigenvalue weighted by molar-refractivity contribution is -0.126. The van der Waals surface area contributed by atoms with Crippen molar-refractivity contribution in [2.24, 2.45) is 0 Å². The molecule has 0 aliphatic carbocycles. The minimum absolute atomic E-state index is 0.0910. The quantitative estimate of drug-likeness (QED) is 0.676. The number of hydrogen-bond donors (Lipinski definition) is 2. The van der Waals surface area contributed by atoms with Crippen molar-refractivity contribution in [1.82, 2.24) is 20.4 Å². The van der Waals surface area contributed by atoms with E-state index < -0.39 is 0 Å². The fourth-order valence-electron chi connectivity index (χ4n) is 2.32. The van der Waals surface area contributed by atoms with Gasteiger partial charge < -0.3 is 15.1 Å². The highest BCUT2D eigenvalue weighted by molar-refractivity contribution is 5.85. The molecule has 8 nitrogen and oxygen atoms in total. The average Bonchev–Trinajstić information content (AvgIpc) is 3.14. The summed E-state index contributed by atoms with van der Waals surface area (Å²) in [5.41, 5.74) is 0.358. The number of fused-ring (bicyclic) bond motifs is 1. The fourth-order valence-corrected chi connectivity index (χ4v) is 2.32. The third-order valence-electron chi connectivity index (χ3n) is 3.54. The number of nitrogens with one attached hydrogen (secondary N) is 2. The number of furan rings is 1. The van der Waals surface area contributed by atoms with Crippen LogP contribution >= 0.6 is 0 Å². The lowest BCUT2D eigenvalue weighted by Gasteiger charge is -2.09. The predicted molar refractivity (Wildman–Crippen MR) is 89.6 cm³/mol. The molecule has 25 heavy (non-hydrogen) atoms. The van der Waals surface area contributed by atoms with Crippen molar-refractivity contribution in [2.45, 2.75) is 13.1 Å². The van der Waals surface area contributed by atoms with Crippen molar-refractivity contribution in [3.63, 3.8) is 0 Å². The standard InChI is InChI=1S/C17H16N4O4/c22-15-9-20-21(14-6-2-1-5-13(14)15)11-17(24)19-10-16(23)18-8-12-4-3-7-25-12/h1-7,9H,8,10-11H2,(H,18,23)(H,19,24). The molecule has 1 aromatic carbocycles. The van der Waals surface area contributed by atoms with Crippen LogP contribution in [0.5, 0.6) is 0 Å². The average molecular weight is 340 g/mol. The number of benzene rings is 1. The Labute approximate surface area is 142 Å². The smallest absolute Gasteiger partial charge is 0.242 e. The van der Waals surface area contributed by atoms with Gasteiger partial charge in [0.25, 0.3) is 0 Å². The van der Waals surface area contributed by atoms with Crippen LogP contribution in [0.15, 0.2) is 58.1 Å². The highest BCUT2D eigenvalue weighted by atomic mass is 16.3. The molecule has 0 saturated heterocycles. The van der Waals surface area contributed by atoms with Crippen molar-refractivity contribution in [1.29, 1.82) is 0 Å². The van der Waals surface area contributed by atoms with Gasteiger partial charge in [-0.3, -0.25) is 19.1 Å². The van der Waals surface area contributed by atoms with Crippen LogP contribution in [0, 0.1) is 0 Å². The number of carbonyl (C=O) groups excluding carboxylic acids is 2. The number of para-hydroxylation sites is 1. The second kappa shape index (κ2) is 7.43. The van der Waals surface area contributed by atoms with E-state index in [4.69, 9.17) is 4.42 Å². The highest BCUT2D eigenvalue weighted by Crippen LogP contribution is 2.07. The van der Waals surface area contributed by atoms with Crippen LogP contribution in [0.1, 0.15) is 5.76 Å². The summed E-state index contributed by atoms with van der Waals surface area (Å²) in [5, 5.41) is 9.61. The second-order valence-electron chi connectivity index (χ2n) is 5.32. The van der Waals surface area contributed by atoms with Crippen LogP contribution in [0.2, 0.25) is 0 Å². The van der Waals surface area contributed by atoms with Gasteiger partial charge in [-0.1, -0.05) is 12.1 Å². The zero-order valence-corrected chi connectivity index (χ0v) is 13.3. The van der Waals surface area contributed by atoms with Gasteiger partial charge in [-0.2, -0.15) is 5.10 Å². The minimum atomic E-state index is -0.380. The Kier molecular flexibility index (Phi) is 4.89. The number of amides is 2. The lowest BCUT2D eigenvalue weighted by Crippen LogP contribution is -2.38. The monoisotopic (exact) mass is 340 g/mol. The fraction of sp³-hybridized carbons (Fsp3) is 0.176. The molecule has 128 valence electrons. The number of rotatable bonds is 6. The van der Waals surface area contributed by atoms with Crippen molar-refractivity contribution in [3.8, 4) is 0 Å². The Morgan fingerprint density at radius 3 is 2.72 bits per heavy atom. The van der Waals surface area contributed by atoms with Crippen molar-refractivity contribution in [2.75, 3.05) is 6.54 Å². The van der Waals surface area contributed by atoms with Gasteiger partial charge in [-0.25, -0.2) is 0 Å². The van der Waals surface area contributed by atoms with Gasteiger partial charge in [0.1, 0.15) is 12.3 Å². The van der Waals surface area contributed by atoms with E-state index >= 15 is 0 Å². The van der Waals surface area contributed by atoms with Gasteiger partial charge in [0, 0.05) is 5.39 Å². The van der Waals surface area contributed by atoms with E-state index in [0.29, 0.717) is 16.7 Å². The summed E-state index contributed by atoms with van der Waals surface area (Å²) < 4.78 is 6.52. The second-order valence-corrected chi connectivity index (χ2v) is 5.32. The van der Waals surface area contributed by atoms with E-state index in [9.17, 15) is 14.4 Å². The van der Waals surface area contributed by atoms with E-state index in [-0.39, 0.29) is 36.9 Å². The first-order valence-corrected chi connectivity index (χ1v) is 7.64. The SMILES string of the molecule is O=C(CNC(=O)Cn1ncc(=O)c2ccccc21)NCc1ccco1. The molecule has 2 heterocycles. The summed E-state index contributed by atoms with van der Waals surface area (Å²) in [6.07, 6.45) is 2.69. The Morgan fingerprint density at radius 2 is 1.92 bits per heavy atom. The van der Waals surface area contributed by atoms with E-state index in [2.05, 4.69) is 15.7 Å². The van der Waals surface area contributed by atoms with E-state index in [1.165, 1.54) is 17.1 Å². The van der Waals surface area contributed by atoms with Gasteiger partial charge in [0.15, 0.2) is 0 Å². The molecule has 0 radical (unpaired) electrons. The molecule has 0 spiro atoms. The Balaban J connectivity index is 1.55. The van der Waals surface area contributed by atoms with Crippen LogP contribution in [-0.2, 0) is 22.7 Å². The topological polar surface area (TPSA) is 106 Å². The molecular weight excluding hydrogens is 324 g/mol. The maximum atomic E-state index is 12.0. The van der Waals surface area contributed by atoms with Crippen molar-refractivity contribution >= 4 is 22.7 Å². The summed E-state index contributed by atoms with van der Waals surface area (Å²) in [6.45, 7) is 0.0114. The molecule has 0 unspecified atom stereocenters. The Bertz CT molecular complexity index is 947. The zero-order chi connectivity index (χ0) is 17.6. The molecule has 0 bridgehead atoms. The summed E-state index contributed by atoms with van der Waals surface area (Å²) in [4.78, 5) is 35.5. The summed E-state index contributed by atoms with van der Waals surface area (Å²) >= 11 is 0. The molecule has 3 rings (SSSR count). The van der Waals surface area contributed by atoms with Crippen molar-refractivity contribution in [3.05, 3.63) is 64.8 Å². The van der Waals surface area contributed by atoms with Crippen LogP contribution in [0.4, 0.5) is 0 Å². The van der Waals surface area contributed by atoms with Gasteiger partial charge in [0.05, 0.1) is 31.1 Å². The van der Waals surface area contributed by atoms with Crippen LogP contribution in [0.3, 0.4) is 0 Å². The first-order valence-electron chi connectivity index (χ1n) is 7.64. The number of hydrogen-bond acceptors (Lipinski definition) is 5. The van der Waals surface area contributed by atoms with E-state index in [0.717, 1.165) is 0 Å². The molecule has 3 aromatic rings.